The molecule has 1 aromatic carbocycles. The molecule has 88 valence electrons. The third kappa shape index (κ3) is 2.83. The molecule has 0 aliphatic carbocycles. The van der Waals surface area contributed by atoms with E-state index in [1.54, 1.807) is 11.8 Å². The first-order valence-corrected chi connectivity index (χ1v) is 6.55. The quantitative estimate of drug-likeness (QED) is 0.730. The zero-order chi connectivity index (χ0) is 12.3. The summed E-state index contributed by atoms with van der Waals surface area (Å²) < 4.78 is 5.86. The number of hydrogen-bond acceptors (Lipinski definition) is 2. The first-order valence-electron chi connectivity index (χ1n) is 5.73. The first kappa shape index (κ1) is 12.1. The Hall–Kier alpha value is -1.41. The van der Waals surface area contributed by atoms with Gasteiger partial charge >= 0.3 is 0 Å². The van der Waals surface area contributed by atoms with Gasteiger partial charge < -0.3 is 4.74 Å². The average molecular weight is 244 g/mol. The summed E-state index contributed by atoms with van der Waals surface area (Å²) in [7, 11) is 0. The standard InChI is InChI=1S/C15H16OS/c1-4-7-11(2)10-14-12(3)17-15-9-6-5-8-13(15)16-14/h5-10H,3-4H2,1-2H3/b11-7-,14-10+. The Bertz CT molecular complexity index is 497. The van der Waals surface area contributed by atoms with Crippen molar-refractivity contribution >= 4 is 11.8 Å². The third-order valence-corrected chi connectivity index (χ3v) is 3.47. The van der Waals surface area contributed by atoms with Gasteiger partial charge in [-0.05, 0) is 31.6 Å². The predicted molar refractivity (Wildman–Crippen MR) is 74.2 cm³/mol. The molecule has 0 bridgehead atoms. The summed E-state index contributed by atoms with van der Waals surface area (Å²) in [5.41, 5.74) is 1.21. The number of para-hydroxylation sites is 1. The van der Waals surface area contributed by atoms with Gasteiger partial charge in [-0.15, -0.1) is 0 Å². The molecule has 0 fully saturated rings. The molecule has 2 rings (SSSR count). The van der Waals surface area contributed by atoms with E-state index in [0.29, 0.717) is 0 Å². The topological polar surface area (TPSA) is 9.23 Å². The smallest absolute Gasteiger partial charge is 0.141 e. The van der Waals surface area contributed by atoms with Crippen LogP contribution in [0.3, 0.4) is 0 Å². The second-order valence-electron chi connectivity index (χ2n) is 3.94. The summed E-state index contributed by atoms with van der Waals surface area (Å²) in [4.78, 5) is 2.10. The summed E-state index contributed by atoms with van der Waals surface area (Å²) in [6.45, 7) is 8.26. The Morgan fingerprint density at radius 1 is 1.41 bits per heavy atom. The Kier molecular flexibility index (Phi) is 3.75. The minimum absolute atomic E-state index is 0.857. The lowest BCUT2D eigenvalue weighted by molar-refractivity contribution is 0.427. The molecule has 1 aliphatic heterocycles. The van der Waals surface area contributed by atoms with Gasteiger partial charge in [0.2, 0.25) is 0 Å². The Labute approximate surface area is 107 Å². The van der Waals surface area contributed by atoms with Crippen molar-refractivity contribution in [1.82, 2.24) is 0 Å². The van der Waals surface area contributed by atoms with Crippen LogP contribution in [-0.4, -0.2) is 0 Å². The number of ether oxygens (including phenoxy) is 1. The molecule has 1 aliphatic rings. The summed E-state index contributed by atoms with van der Waals surface area (Å²) >= 11 is 1.67. The number of benzene rings is 1. The second kappa shape index (κ2) is 5.28. The van der Waals surface area contributed by atoms with Crippen LogP contribution in [0.4, 0.5) is 0 Å². The average Bonchev–Trinajstić information content (AvgIpc) is 2.30. The lowest BCUT2D eigenvalue weighted by atomic mass is 10.2. The molecule has 1 aromatic rings. The molecule has 17 heavy (non-hydrogen) atoms. The van der Waals surface area contributed by atoms with E-state index in [4.69, 9.17) is 4.74 Å². The number of fused-ring (bicyclic) bond motifs is 1. The van der Waals surface area contributed by atoms with Crippen LogP contribution < -0.4 is 4.74 Å². The normalized spacial score (nSPS) is 17.9. The van der Waals surface area contributed by atoms with Crippen molar-refractivity contribution in [3.8, 4) is 5.75 Å². The molecule has 0 saturated carbocycles. The summed E-state index contributed by atoms with van der Waals surface area (Å²) in [6, 6.07) is 8.04. The van der Waals surface area contributed by atoms with E-state index in [-0.39, 0.29) is 0 Å². The molecule has 0 unspecified atom stereocenters. The molecular weight excluding hydrogens is 228 g/mol. The van der Waals surface area contributed by atoms with Crippen molar-refractivity contribution in [3.05, 3.63) is 59.2 Å². The van der Waals surface area contributed by atoms with Crippen LogP contribution in [0.25, 0.3) is 0 Å². The van der Waals surface area contributed by atoms with Crippen LogP contribution >= 0.6 is 11.8 Å². The van der Waals surface area contributed by atoms with Gasteiger partial charge in [-0.1, -0.05) is 49.0 Å². The maximum atomic E-state index is 5.86. The fourth-order valence-electron chi connectivity index (χ4n) is 1.67. The summed E-state index contributed by atoms with van der Waals surface area (Å²) in [5, 5.41) is 0. The van der Waals surface area contributed by atoms with Gasteiger partial charge in [-0.25, -0.2) is 0 Å². The van der Waals surface area contributed by atoms with Crippen molar-refractivity contribution in [1.29, 1.82) is 0 Å². The van der Waals surface area contributed by atoms with Crippen molar-refractivity contribution in [2.24, 2.45) is 0 Å². The molecule has 1 heterocycles. The fourth-order valence-corrected chi connectivity index (χ4v) is 2.50. The minimum atomic E-state index is 0.857. The van der Waals surface area contributed by atoms with Crippen LogP contribution in [0.5, 0.6) is 5.75 Å². The van der Waals surface area contributed by atoms with E-state index in [0.717, 1.165) is 27.7 Å². The molecule has 0 radical (unpaired) electrons. The lowest BCUT2D eigenvalue weighted by Crippen LogP contribution is -2.03. The maximum Gasteiger partial charge on any atom is 0.141 e. The van der Waals surface area contributed by atoms with Crippen LogP contribution in [-0.2, 0) is 0 Å². The van der Waals surface area contributed by atoms with Gasteiger partial charge in [0.25, 0.3) is 0 Å². The Balaban J connectivity index is 2.29. The van der Waals surface area contributed by atoms with E-state index in [1.807, 2.05) is 18.2 Å². The molecule has 0 aromatic heterocycles. The Morgan fingerprint density at radius 3 is 2.94 bits per heavy atom. The number of thioether (sulfide) groups is 1. The van der Waals surface area contributed by atoms with E-state index in [1.165, 1.54) is 5.57 Å². The van der Waals surface area contributed by atoms with E-state index < -0.39 is 0 Å². The van der Waals surface area contributed by atoms with E-state index in [2.05, 4.69) is 38.6 Å². The zero-order valence-electron chi connectivity index (χ0n) is 10.2. The minimum Gasteiger partial charge on any atom is -0.455 e. The van der Waals surface area contributed by atoms with Crippen LogP contribution in [0.1, 0.15) is 20.3 Å². The number of hydrogen-bond donors (Lipinski definition) is 0. The van der Waals surface area contributed by atoms with Crippen LogP contribution in [0.2, 0.25) is 0 Å². The Morgan fingerprint density at radius 2 is 2.18 bits per heavy atom. The highest BCUT2D eigenvalue weighted by molar-refractivity contribution is 8.03. The monoisotopic (exact) mass is 244 g/mol. The maximum absolute atomic E-state index is 5.86. The van der Waals surface area contributed by atoms with Crippen LogP contribution in [0, 0.1) is 0 Å². The highest BCUT2D eigenvalue weighted by Crippen LogP contribution is 2.42. The summed E-state index contributed by atoms with van der Waals surface area (Å²) in [5.74, 6) is 1.77. The van der Waals surface area contributed by atoms with Gasteiger partial charge in [-0.2, -0.15) is 0 Å². The molecule has 0 atom stereocenters. The molecule has 2 heteroatoms. The fraction of sp³-hybridized carbons (Fsp3) is 0.200. The number of allylic oxidation sites excluding steroid dienone is 3. The molecule has 0 saturated heterocycles. The highest BCUT2D eigenvalue weighted by Gasteiger charge is 2.17. The zero-order valence-corrected chi connectivity index (χ0v) is 11.0. The SMILES string of the molecule is C=C1Sc2ccccc2O/C1=C/C(C)=C\CC. The number of rotatable bonds is 2. The second-order valence-corrected chi connectivity index (χ2v) is 5.08. The van der Waals surface area contributed by atoms with E-state index in [9.17, 15) is 0 Å². The third-order valence-electron chi connectivity index (χ3n) is 2.46. The van der Waals surface area contributed by atoms with Gasteiger partial charge in [0, 0.05) is 4.91 Å². The lowest BCUT2D eigenvalue weighted by Gasteiger charge is -2.20. The van der Waals surface area contributed by atoms with Crippen molar-refractivity contribution in [3.63, 3.8) is 0 Å². The highest BCUT2D eigenvalue weighted by atomic mass is 32.2. The first-order chi connectivity index (χ1) is 8.20. The van der Waals surface area contributed by atoms with Gasteiger partial charge in [0.1, 0.15) is 11.5 Å². The molecule has 1 nitrogen and oxygen atoms in total. The largest absolute Gasteiger partial charge is 0.455 e. The molecule has 0 N–H and O–H groups in total. The summed E-state index contributed by atoms with van der Waals surface area (Å²) in [6.07, 6.45) is 5.26. The van der Waals surface area contributed by atoms with Crippen molar-refractivity contribution in [2.75, 3.05) is 0 Å². The van der Waals surface area contributed by atoms with E-state index >= 15 is 0 Å². The molecule has 0 amide bonds. The van der Waals surface area contributed by atoms with Crippen LogP contribution in [0.15, 0.2) is 64.1 Å². The van der Waals surface area contributed by atoms with Gasteiger partial charge in [-0.3, -0.25) is 0 Å². The van der Waals surface area contributed by atoms with Gasteiger partial charge in [0.05, 0.1) is 4.90 Å². The predicted octanol–water partition coefficient (Wildman–Crippen LogP) is 4.93. The van der Waals surface area contributed by atoms with Crippen molar-refractivity contribution in [2.45, 2.75) is 25.2 Å². The molecule has 0 spiro atoms. The van der Waals surface area contributed by atoms with Crippen molar-refractivity contribution < 1.29 is 4.74 Å². The van der Waals surface area contributed by atoms with Gasteiger partial charge in [0.15, 0.2) is 0 Å². The molecular formula is C15H16OS.